The van der Waals surface area contributed by atoms with Crippen molar-refractivity contribution in [2.75, 3.05) is 11.9 Å². The number of thiazole rings is 1. The van der Waals surface area contributed by atoms with Gasteiger partial charge in [-0.2, -0.15) is 0 Å². The van der Waals surface area contributed by atoms with E-state index in [0.29, 0.717) is 23.4 Å². The molecular formula is C11H11ClN4O2S. The average Bonchev–Trinajstić information content (AvgIpc) is 2.87. The molecule has 0 aliphatic carbocycles. The third-order valence-corrected chi connectivity index (χ3v) is 3.20. The summed E-state index contributed by atoms with van der Waals surface area (Å²) < 4.78 is 4.94. The second-order valence-corrected chi connectivity index (χ2v) is 4.53. The second kappa shape index (κ2) is 6.44. The van der Waals surface area contributed by atoms with Crippen LogP contribution in [0.15, 0.2) is 17.9 Å². The van der Waals surface area contributed by atoms with Crippen molar-refractivity contribution in [2.45, 2.75) is 12.8 Å². The molecule has 0 bridgehead atoms. The quantitative estimate of drug-likeness (QED) is 0.675. The summed E-state index contributed by atoms with van der Waals surface area (Å²) in [7, 11) is 0. The second-order valence-electron chi connectivity index (χ2n) is 3.41. The summed E-state index contributed by atoms with van der Waals surface area (Å²) in [6.07, 6.45) is 2.75. The Morgan fingerprint density at radius 1 is 1.58 bits per heavy atom. The van der Waals surface area contributed by atoms with Crippen LogP contribution in [0, 0.1) is 0 Å². The van der Waals surface area contributed by atoms with Crippen LogP contribution in [0.25, 0.3) is 0 Å². The maximum atomic E-state index is 11.7. The molecule has 0 saturated carbocycles. The Kier molecular flexibility index (Phi) is 4.64. The number of ether oxygens (including phenoxy) is 1. The maximum absolute atomic E-state index is 11.7. The molecule has 0 saturated heterocycles. The molecule has 8 heteroatoms. The van der Waals surface area contributed by atoms with Crippen molar-refractivity contribution in [1.82, 2.24) is 15.0 Å². The molecule has 2 rings (SSSR count). The first kappa shape index (κ1) is 13.7. The smallest absolute Gasteiger partial charge is 0.343 e. The van der Waals surface area contributed by atoms with Crippen LogP contribution < -0.4 is 5.32 Å². The Bertz CT molecular complexity index is 575. The molecular weight excluding hydrogens is 288 g/mol. The lowest BCUT2D eigenvalue weighted by Gasteiger charge is -2.07. The molecule has 0 unspecified atom stereocenters. The predicted molar refractivity (Wildman–Crippen MR) is 72.9 cm³/mol. The monoisotopic (exact) mass is 298 g/mol. The molecule has 0 aliphatic heterocycles. The molecule has 0 aromatic carbocycles. The van der Waals surface area contributed by atoms with E-state index in [-0.39, 0.29) is 5.56 Å². The number of carbonyl (C=O) groups excluding carboxylic acids is 1. The zero-order valence-electron chi connectivity index (χ0n) is 10.1. The van der Waals surface area contributed by atoms with Crippen molar-refractivity contribution < 1.29 is 9.53 Å². The van der Waals surface area contributed by atoms with Crippen LogP contribution in [0.3, 0.4) is 0 Å². The van der Waals surface area contributed by atoms with Gasteiger partial charge in [0.2, 0.25) is 0 Å². The van der Waals surface area contributed by atoms with E-state index in [1.54, 1.807) is 6.92 Å². The lowest BCUT2D eigenvalue weighted by molar-refractivity contribution is 0.0526. The van der Waals surface area contributed by atoms with E-state index in [2.05, 4.69) is 20.3 Å². The molecule has 0 spiro atoms. The van der Waals surface area contributed by atoms with Gasteiger partial charge < -0.3 is 10.1 Å². The molecule has 19 heavy (non-hydrogen) atoms. The molecule has 0 atom stereocenters. The van der Waals surface area contributed by atoms with Crippen LogP contribution in [-0.2, 0) is 10.6 Å². The van der Waals surface area contributed by atoms with Gasteiger partial charge in [-0.3, -0.25) is 0 Å². The van der Waals surface area contributed by atoms with Gasteiger partial charge in [0.25, 0.3) is 0 Å². The molecule has 2 heterocycles. The van der Waals surface area contributed by atoms with Crippen LogP contribution in [-0.4, -0.2) is 27.5 Å². The van der Waals surface area contributed by atoms with Gasteiger partial charge in [0, 0.05) is 11.6 Å². The van der Waals surface area contributed by atoms with E-state index in [1.807, 2.05) is 5.38 Å². The minimum absolute atomic E-state index is 0.270. The van der Waals surface area contributed by atoms with Gasteiger partial charge in [0.15, 0.2) is 5.13 Å². The lowest BCUT2D eigenvalue weighted by Crippen LogP contribution is -2.09. The highest BCUT2D eigenvalue weighted by Crippen LogP contribution is 2.22. The number of hydrogen-bond donors (Lipinski definition) is 1. The van der Waals surface area contributed by atoms with Crippen molar-refractivity contribution in [3.8, 4) is 0 Å². The number of carbonyl (C=O) groups is 1. The Morgan fingerprint density at radius 2 is 2.42 bits per heavy atom. The molecule has 2 aromatic heterocycles. The number of esters is 1. The Hall–Kier alpha value is -1.73. The maximum Gasteiger partial charge on any atom is 0.343 e. The Balaban J connectivity index is 2.22. The molecule has 0 fully saturated rings. The fraction of sp³-hybridized carbons (Fsp3) is 0.273. The van der Waals surface area contributed by atoms with E-state index in [4.69, 9.17) is 16.3 Å². The molecule has 0 amide bonds. The zero-order chi connectivity index (χ0) is 13.7. The average molecular weight is 299 g/mol. The molecule has 1 N–H and O–H groups in total. The van der Waals surface area contributed by atoms with Gasteiger partial charge in [-0.15, -0.1) is 22.9 Å². The standard InChI is InChI=1S/C11H11ClN4O2S/c1-2-18-10(17)8-4-13-6-14-9(8)16-11-15-7(3-12)5-19-11/h4-6H,2-3H2,1H3,(H,13,14,15,16). The van der Waals surface area contributed by atoms with Crippen molar-refractivity contribution in [2.24, 2.45) is 0 Å². The summed E-state index contributed by atoms with van der Waals surface area (Å²) in [5.41, 5.74) is 1.04. The van der Waals surface area contributed by atoms with Gasteiger partial charge in [-0.25, -0.2) is 19.7 Å². The third-order valence-electron chi connectivity index (χ3n) is 2.12. The topological polar surface area (TPSA) is 77.0 Å². The largest absolute Gasteiger partial charge is 0.462 e. The van der Waals surface area contributed by atoms with Crippen LogP contribution >= 0.6 is 22.9 Å². The van der Waals surface area contributed by atoms with Gasteiger partial charge in [-0.1, -0.05) is 0 Å². The highest BCUT2D eigenvalue weighted by atomic mass is 35.5. The summed E-state index contributed by atoms with van der Waals surface area (Å²) in [6.45, 7) is 2.03. The lowest BCUT2D eigenvalue weighted by atomic mass is 10.3. The number of aromatic nitrogens is 3. The van der Waals surface area contributed by atoms with Crippen LogP contribution in [0.5, 0.6) is 0 Å². The Morgan fingerprint density at radius 3 is 3.11 bits per heavy atom. The molecule has 100 valence electrons. The van der Waals surface area contributed by atoms with E-state index < -0.39 is 5.97 Å². The van der Waals surface area contributed by atoms with Gasteiger partial charge in [0.1, 0.15) is 17.7 Å². The summed E-state index contributed by atoms with van der Waals surface area (Å²) in [5, 5.41) is 5.41. The van der Waals surface area contributed by atoms with E-state index in [1.165, 1.54) is 23.9 Å². The number of rotatable bonds is 5. The number of alkyl halides is 1. The normalized spacial score (nSPS) is 10.2. The van der Waals surface area contributed by atoms with E-state index >= 15 is 0 Å². The number of halogens is 1. The first-order valence-corrected chi connectivity index (χ1v) is 6.90. The van der Waals surface area contributed by atoms with Crippen molar-refractivity contribution in [3.63, 3.8) is 0 Å². The number of nitrogens with zero attached hydrogens (tertiary/aromatic N) is 3. The highest BCUT2D eigenvalue weighted by Gasteiger charge is 2.15. The minimum atomic E-state index is -0.472. The van der Waals surface area contributed by atoms with Crippen LogP contribution in [0.1, 0.15) is 23.0 Å². The number of hydrogen-bond acceptors (Lipinski definition) is 7. The van der Waals surface area contributed by atoms with E-state index in [0.717, 1.165) is 5.69 Å². The summed E-state index contributed by atoms with van der Waals surface area (Å²) in [5.74, 6) is 0.232. The van der Waals surface area contributed by atoms with Crippen molar-refractivity contribution >= 4 is 39.9 Å². The fourth-order valence-electron chi connectivity index (χ4n) is 1.31. The predicted octanol–water partition coefficient (Wildman–Crippen LogP) is 2.59. The van der Waals surface area contributed by atoms with Crippen LogP contribution in [0.4, 0.5) is 10.9 Å². The van der Waals surface area contributed by atoms with Crippen LogP contribution in [0.2, 0.25) is 0 Å². The Labute approximate surface area is 118 Å². The fourth-order valence-corrected chi connectivity index (χ4v) is 2.25. The number of anilines is 2. The van der Waals surface area contributed by atoms with E-state index in [9.17, 15) is 4.79 Å². The minimum Gasteiger partial charge on any atom is -0.462 e. The molecule has 6 nitrogen and oxygen atoms in total. The number of nitrogens with one attached hydrogen (secondary N) is 1. The molecule has 2 aromatic rings. The van der Waals surface area contributed by atoms with Crippen molar-refractivity contribution in [1.29, 1.82) is 0 Å². The SMILES string of the molecule is CCOC(=O)c1cncnc1Nc1nc(CCl)cs1. The van der Waals surface area contributed by atoms with Gasteiger partial charge >= 0.3 is 5.97 Å². The molecule has 0 aliphatic rings. The first-order valence-electron chi connectivity index (χ1n) is 5.49. The van der Waals surface area contributed by atoms with Crippen molar-refractivity contribution in [3.05, 3.63) is 29.2 Å². The zero-order valence-corrected chi connectivity index (χ0v) is 11.7. The highest BCUT2D eigenvalue weighted by molar-refractivity contribution is 7.13. The molecule has 0 radical (unpaired) electrons. The summed E-state index contributed by atoms with van der Waals surface area (Å²) in [4.78, 5) is 23.8. The summed E-state index contributed by atoms with van der Waals surface area (Å²) >= 11 is 7.07. The summed E-state index contributed by atoms with van der Waals surface area (Å²) in [6, 6.07) is 0. The van der Waals surface area contributed by atoms with Gasteiger partial charge in [-0.05, 0) is 6.92 Å². The van der Waals surface area contributed by atoms with Gasteiger partial charge in [0.05, 0.1) is 18.2 Å². The first-order chi connectivity index (χ1) is 9.24. The third kappa shape index (κ3) is 3.39.